The fourth-order valence-electron chi connectivity index (χ4n) is 4.69. The number of likely N-dealkylation sites (tertiary alicyclic amines) is 2. The van der Waals surface area contributed by atoms with Crippen LogP contribution >= 0.6 is 0 Å². The molecule has 3 aromatic rings. The minimum atomic E-state index is 0.00824. The van der Waals surface area contributed by atoms with Crippen LogP contribution in [-0.2, 0) is 13.6 Å². The van der Waals surface area contributed by atoms with Gasteiger partial charge in [0.1, 0.15) is 5.82 Å². The van der Waals surface area contributed by atoms with Crippen molar-refractivity contribution >= 4 is 11.6 Å². The Morgan fingerprint density at radius 1 is 1.25 bits per heavy atom. The zero-order valence-corrected chi connectivity index (χ0v) is 16.5. The summed E-state index contributed by atoms with van der Waals surface area (Å²) in [6, 6.07) is 4.19. The van der Waals surface area contributed by atoms with Crippen molar-refractivity contribution in [3.05, 3.63) is 47.4 Å². The third kappa shape index (κ3) is 2.79. The highest BCUT2D eigenvalue weighted by molar-refractivity contribution is 5.93. The van der Waals surface area contributed by atoms with Crippen molar-refractivity contribution in [2.24, 2.45) is 13.0 Å². The molecule has 3 aromatic heterocycles. The van der Waals surface area contributed by atoms with Gasteiger partial charge in [-0.2, -0.15) is 5.10 Å². The average Bonchev–Trinajstić information content (AvgIpc) is 3.40. The molecule has 1 amide bonds. The van der Waals surface area contributed by atoms with Crippen molar-refractivity contribution in [2.75, 3.05) is 19.6 Å². The van der Waals surface area contributed by atoms with Crippen LogP contribution in [0.15, 0.2) is 24.5 Å². The normalized spacial score (nSPS) is 22.3. The number of nitrogens with zero attached hydrogens (tertiary/aromatic N) is 7. The second-order valence-corrected chi connectivity index (χ2v) is 8.09. The molecule has 0 N–H and O–H groups in total. The van der Waals surface area contributed by atoms with Crippen molar-refractivity contribution in [2.45, 2.75) is 32.9 Å². The zero-order valence-electron chi connectivity index (χ0n) is 16.5. The monoisotopic (exact) mass is 379 g/mol. The molecule has 2 atom stereocenters. The Morgan fingerprint density at radius 3 is 2.89 bits per heavy atom. The highest BCUT2D eigenvalue weighted by Gasteiger charge is 2.43. The Kier molecular flexibility index (Phi) is 3.97. The van der Waals surface area contributed by atoms with Crippen molar-refractivity contribution in [1.82, 2.24) is 33.9 Å². The summed E-state index contributed by atoms with van der Waals surface area (Å²) in [5.41, 5.74) is 3.14. The van der Waals surface area contributed by atoms with Gasteiger partial charge in [0.25, 0.3) is 5.91 Å². The first-order chi connectivity index (χ1) is 13.5. The Morgan fingerprint density at radius 2 is 2.11 bits per heavy atom. The summed E-state index contributed by atoms with van der Waals surface area (Å²) in [6.07, 6.45) is 4.95. The first kappa shape index (κ1) is 17.4. The molecule has 8 nitrogen and oxygen atoms in total. The lowest BCUT2D eigenvalue weighted by Gasteiger charge is -2.24. The van der Waals surface area contributed by atoms with Crippen LogP contribution < -0.4 is 0 Å². The summed E-state index contributed by atoms with van der Waals surface area (Å²) >= 11 is 0. The first-order valence-electron chi connectivity index (χ1n) is 9.83. The molecule has 0 aromatic carbocycles. The van der Waals surface area contributed by atoms with Gasteiger partial charge in [0.15, 0.2) is 11.3 Å². The predicted octanol–water partition coefficient (Wildman–Crippen LogP) is 1.43. The molecule has 8 heteroatoms. The number of aromatic nitrogens is 5. The molecule has 0 saturated carbocycles. The maximum atomic E-state index is 13.1. The number of imidazole rings is 1. The van der Waals surface area contributed by atoms with Crippen LogP contribution in [0.4, 0.5) is 0 Å². The van der Waals surface area contributed by atoms with Crippen molar-refractivity contribution in [3.8, 4) is 0 Å². The molecule has 2 aliphatic rings. The number of rotatable bonds is 3. The Balaban J connectivity index is 1.34. The smallest absolute Gasteiger partial charge is 0.274 e. The summed E-state index contributed by atoms with van der Waals surface area (Å²) in [7, 11) is 2.03. The topological polar surface area (TPSA) is 71.6 Å². The third-order valence-electron chi connectivity index (χ3n) is 6.17. The molecule has 0 bridgehead atoms. The van der Waals surface area contributed by atoms with E-state index in [2.05, 4.69) is 24.5 Å². The van der Waals surface area contributed by atoms with Crippen molar-refractivity contribution < 1.29 is 4.79 Å². The molecule has 28 heavy (non-hydrogen) atoms. The van der Waals surface area contributed by atoms with Crippen LogP contribution in [-0.4, -0.2) is 65.5 Å². The van der Waals surface area contributed by atoms with Crippen LogP contribution in [0.3, 0.4) is 0 Å². The van der Waals surface area contributed by atoms with Gasteiger partial charge in [0, 0.05) is 56.0 Å². The number of carbonyl (C=O) groups excluding carboxylic acids is 1. The molecule has 2 fully saturated rings. The third-order valence-corrected chi connectivity index (χ3v) is 6.17. The average molecular weight is 379 g/mol. The van der Waals surface area contributed by atoms with Gasteiger partial charge in [0.05, 0.1) is 6.54 Å². The minimum Gasteiger partial charge on any atom is -0.337 e. The molecule has 2 saturated heterocycles. The molecule has 146 valence electrons. The van der Waals surface area contributed by atoms with Crippen LogP contribution in [0.1, 0.15) is 34.1 Å². The molecular weight excluding hydrogens is 354 g/mol. The summed E-state index contributed by atoms with van der Waals surface area (Å²) in [6.45, 7) is 7.41. The molecule has 0 unspecified atom stereocenters. The predicted molar refractivity (Wildman–Crippen MR) is 104 cm³/mol. The van der Waals surface area contributed by atoms with Gasteiger partial charge in [-0.1, -0.05) is 0 Å². The highest BCUT2D eigenvalue weighted by Crippen LogP contribution is 2.33. The second-order valence-electron chi connectivity index (χ2n) is 8.09. The molecular formula is C20H25N7O. The Bertz CT molecular complexity index is 1050. The van der Waals surface area contributed by atoms with E-state index in [0.717, 1.165) is 55.5 Å². The number of hydrogen-bond acceptors (Lipinski definition) is 5. The lowest BCUT2D eigenvalue weighted by atomic mass is 10.1. The molecule has 2 aliphatic heterocycles. The van der Waals surface area contributed by atoms with Crippen LogP contribution in [0.5, 0.6) is 0 Å². The number of carbonyl (C=O) groups is 1. The largest absolute Gasteiger partial charge is 0.337 e. The standard InChI is InChI=1S/C20H25N7O/c1-13-8-14(2)27-18(22-13)9-16(23-27)20(28)26-10-15-4-6-25(17(15)11-26)12-19-21-5-7-24(19)3/h5,7-9,15,17H,4,6,10-12H2,1-3H3/t15-,17+/m0/s1. The maximum absolute atomic E-state index is 13.1. The summed E-state index contributed by atoms with van der Waals surface area (Å²) in [4.78, 5) is 26.5. The van der Waals surface area contributed by atoms with Gasteiger partial charge >= 0.3 is 0 Å². The lowest BCUT2D eigenvalue weighted by Crippen LogP contribution is -2.37. The highest BCUT2D eigenvalue weighted by atomic mass is 16.2. The van der Waals surface area contributed by atoms with E-state index in [4.69, 9.17) is 0 Å². The molecule has 5 rings (SSSR count). The molecule has 0 aliphatic carbocycles. The quantitative estimate of drug-likeness (QED) is 0.688. The maximum Gasteiger partial charge on any atom is 0.274 e. The molecule has 0 radical (unpaired) electrons. The van der Waals surface area contributed by atoms with E-state index in [-0.39, 0.29) is 5.91 Å². The van der Waals surface area contributed by atoms with E-state index in [9.17, 15) is 4.79 Å². The van der Waals surface area contributed by atoms with E-state index in [0.29, 0.717) is 17.7 Å². The number of fused-ring (bicyclic) bond motifs is 2. The molecule has 0 spiro atoms. The number of hydrogen-bond donors (Lipinski definition) is 0. The van der Waals surface area contributed by atoms with Crippen LogP contribution in [0, 0.1) is 19.8 Å². The van der Waals surface area contributed by atoms with Crippen LogP contribution in [0.2, 0.25) is 0 Å². The Hall–Kier alpha value is -2.74. The van der Waals surface area contributed by atoms with E-state index in [1.165, 1.54) is 0 Å². The van der Waals surface area contributed by atoms with E-state index in [1.54, 1.807) is 4.52 Å². The zero-order chi connectivity index (χ0) is 19.4. The summed E-state index contributed by atoms with van der Waals surface area (Å²) in [5, 5.41) is 4.52. The minimum absolute atomic E-state index is 0.00824. The van der Waals surface area contributed by atoms with E-state index < -0.39 is 0 Å². The molecule has 5 heterocycles. The lowest BCUT2D eigenvalue weighted by molar-refractivity contribution is 0.0763. The van der Waals surface area contributed by atoms with Gasteiger partial charge in [-0.05, 0) is 38.8 Å². The fourth-order valence-corrected chi connectivity index (χ4v) is 4.69. The van der Waals surface area contributed by atoms with Gasteiger partial charge in [-0.3, -0.25) is 9.69 Å². The van der Waals surface area contributed by atoms with Gasteiger partial charge in [0.2, 0.25) is 0 Å². The Labute approximate surface area is 163 Å². The van der Waals surface area contributed by atoms with E-state index >= 15 is 0 Å². The summed E-state index contributed by atoms with van der Waals surface area (Å²) in [5.74, 6) is 1.61. The van der Waals surface area contributed by atoms with E-state index in [1.807, 2.05) is 50.3 Å². The first-order valence-corrected chi connectivity index (χ1v) is 9.83. The van der Waals surface area contributed by atoms with Crippen molar-refractivity contribution in [3.63, 3.8) is 0 Å². The SMILES string of the molecule is Cc1cc(C)n2nc(C(=O)N3C[C@@H]4CCN(Cc5nccn5C)[C@@H]4C3)cc2n1. The number of amides is 1. The van der Waals surface area contributed by atoms with Gasteiger partial charge in [-0.15, -0.1) is 0 Å². The number of aryl methyl sites for hydroxylation is 3. The van der Waals surface area contributed by atoms with Gasteiger partial charge < -0.3 is 9.47 Å². The van der Waals surface area contributed by atoms with Crippen LogP contribution in [0.25, 0.3) is 5.65 Å². The van der Waals surface area contributed by atoms with Crippen molar-refractivity contribution in [1.29, 1.82) is 0 Å². The van der Waals surface area contributed by atoms with Gasteiger partial charge in [-0.25, -0.2) is 14.5 Å². The second kappa shape index (κ2) is 6.41. The fraction of sp³-hybridized carbons (Fsp3) is 0.500. The summed E-state index contributed by atoms with van der Waals surface area (Å²) < 4.78 is 3.82.